The molecule has 2 aromatic rings. The zero-order chi connectivity index (χ0) is 15.8. The van der Waals surface area contributed by atoms with E-state index < -0.39 is 6.03 Å². The largest absolute Gasteiger partial charge is 0.337 e. The molecule has 0 saturated carbocycles. The number of thiophene rings is 1. The first-order chi connectivity index (χ1) is 10.6. The van der Waals surface area contributed by atoms with Crippen molar-refractivity contribution < 1.29 is 9.59 Å². The van der Waals surface area contributed by atoms with Crippen molar-refractivity contribution in [2.45, 2.75) is 18.2 Å². The normalized spacial score (nSPS) is 10.2. The predicted octanol–water partition coefficient (Wildman–Crippen LogP) is 3.22. The van der Waals surface area contributed by atoms with E-state index >= 15 is 0 Å². The number of carbonyl (C=O) groups excluding carboxylic acids is 2. The first-order valence-electron chi connectivity index (χ1n) is 6.93. The number of hydrogen-bond acceptors (Lipinski definition) is 4. The molecule has 116 valence electrons. The zero-order valence-corrected chi connectivity index (χ0v) is 13.9. The van der Waals surface area contributed by atoms with Crippen LogP contribution in [0.5, 0.6) is 0 Å². The summed E-state index contributed by atoms with van der Waals surface area (Å²) in [5, 5.41) is 7.02. The van der Waals surface area contributed by atoms with Crippen LogP contribution in [0, 0.1) is 6.92 Å². The minimum atomic E-state index is -0.439. The van der Waals surface area contributed by atoms with Crippen LogP contribution in [-0.4, -0.2) is 24.2 Å². The van der Waals surface area contributed by atoms with E-state index in [1.807, 2.05) is 48.7 Å². The summed E-state index contributed by atoms with van der Waals surface area (Å²) in [6.07, 6.45) is 0.775. The van der Waals surface area contributed by atoms with Crippen LogP contribution in [0.4, 0.5) is 4.79 Å². The topological polar surface area (TPSA) is 58.2 Å². The van der Waals surface area contributed by atoms with Crippen molar-refractivity contribution >= 4 is 35.0 Å². The van der Waals surface area contributed by atoms with E-state index in [0.717, 1.165) is 11.3 Å². The van der Waals surface area contributed by atoms with E-state index in [1.54, 1.807) is 11.3 Å². The van der Waals surface area contributed by atoms with Crippen molar-refractivity contribution in [3.05, 3.63) is 52.2 Å². The molecule has 0 aliphatic heterocycles. The Hall–Kier alpha value is -1.79. The quantitative estimate of drug-likeness (QED) is 0.798. The monoisotopic (exact) mass is 334 g/mol. The van der Waals surface area contributed by atoms with Crippen molar-refractivity contribution in [2.24, 2.45) is 0 Å². The average molecular weight is 334 g/mol. The van der Waals surface area contributed by atoms with E-state index in [0.29, 0.717) is 6.54 Å². The molecule has 1 heterocycles. The highest BCUT2D eigenvalue weighted by atomic mass is 32.2. The van der Waals surface area contributed by atoms with Crippen molar-refractivity contribution in [1.82, 2.24) is 10.6 Å². The Labute approximate surface area is 138 Å². The first kappa shape index (κ1) is 16.6. The molecule has 0 unspecified atom stereocenters. The second-order valence-corrected chi connectivity index (χ2v) is 6.82. The molecule has 2 rings (SSSR count). The summed E-state index contributed by atoms with van der Waals surface area (Å²) in [5.74, 6) is -0.0688. The van der Waals surface area contributed by atoms with Crippen LogP contribution in [0.25, 0.3) is 0 Å². The van der Waals surface area contributed by atoms with E-state index in [4.69, 9.17) is 0 Å². The fraction of sp³-hybridized carbons (Fsp3) is 0.250. The molecule has 3 amide bonds. The third kappa shape index (κ3) is 5.91. The molecule has 0 bridgehead atoms. The van der Waals surface area contributed by atoms with Crippen molar-refractivity contribution in [2.75, 3.05) is 12.3 Å². The molecule has 4 nitrogen and oxygen atoms in total. The summed E-state index contributed by atoms with van der Waals surface area (Å²) < 4.78 is 0. The molecule has 22 heavy (non-hydrogen) atoms. The number of hydrogen-bond donors (Lipinski definition) is 2. The summed E-state index contributed by atoms with van der Waals surface area (Å²) in [7, 11) is 0. The molecule has 1 aromatic heterocycles. The number of amides is 3. The van der Waals surface area contributed by atoms with Gasteiger partial charge < -0.3 is 5.32 Å². The van der Waals surface area contributed by atoms with Gasteiger partial charge in [-0.3, -0.25) is 10.1 Å². The standard InChI is InChI=1S/C16H18N2O2S2/c1-12-4-6-14(7-5-12)22-11-15(19)18-16(20)17-9-8-13-3-2-10-21-13/h2-7,10H,8-9,11H2,1H3,(H2,17,18,19,20). The predicted molar refractivity (Wildman–Crippen MR) is 91.5 cm³/mol. The van der Waals surface area contributed by atoms with Crippen LogP contribution in [0.2, 0.25) is 0 Å². The maximum atomic E-state index is 11.7. The van der Waals surface area contributed by atoms with Gasteiger partial charge in [-0.2, -0.15) is 0 Å². The van der Waals surface area contributed by atoms with Gasteiger partial charge in [0.25, 0.3) is 0 Å². The van der Waals surface area contributed by atoms with Gasteiger partial charge in [0.1, 0.15) is 0 Å². The highest BCUT2D eigenvalue weighted by Gasteiger charge is 2.07. The Kier molecular flexibility index (Phi) is 6.48. The SMILES string of the molecule is Cc1ccc(SCC(=O)NC(=O)NCCc2cccs2)cc1. The third-order valence-corrected chi connectivity index (χ3v) is 4.83. The maximum absolute atomic E-state index is 11.7. The van der Waals surface area contributed by atoms with Gasteiger partial charge in [-0.1, -0.05) is 23.8 Å². The molecule has 6 heteroatoms. The molecule has 0 spiro atoms. The first-order valence-corrected chi connectivity index (χ1v) is 8.79. The third-order valence-electron chi connectivity index (χ3n) is 2.88. The van der Waals surface area contributed by atoms with Crippen molar-refractivity contribution in [3.8, 4) is 0 Å². The molecule has 1 aromatic carbocycles. The van der Waals surface area contributed by atoms with Gasteiger partial charge in [-0.25, -0.2) is 4.79 Å². The molecule has 2 N–H and O–H groups in total. The lowest BCUT2D eigenvalue weighted by molar-refractivity contribution is -0.117. The van der Waals surface area contributed by atoms with E-state index in [1.165, 1.54) is 22.2 Å². The number of thioether (sulfide) groups is 1. The van der Waals surface area contributed by atoms with E-state index in [9.17, 15) is 9.59 Å². The Balaban J connectivity index is 1.63. The number of aryl methyl sites for hydroxylation is 1. The highest BCUT2D eigenvalue weighted by Crippen LogP contribution is 2.17. The van der Waals surface area contributed by atoms with Crippen molar-refractivity contribution in [3.63, 3.8) is 0 Å². The smallest absolute Gasteiger partial charge is 0.321 e. The number of carbonyl (C=O) groups is 2. The van der Waals surface area contributed by atoms with Crippen LogP contribution in [0.15, 0.2) is 46.7 Å². The molecule has 0 aliphatic carbocycles. The lowest BCUT2D eigenvalue weighted by atomic mass is 10.2. The molecular weight excluding hydrogens is 316 g/mol. The fourth-order valence-electron chi connectivity index (χ4n) is 1.74. The van der Waals surface area contributed by atoms with Gasteiger partial charge in [-0.15, -0.1) is 23.1 Å². The molecule has 0 fully saturated rings. The Morgan fingerprint density at radius 2 is 1.95 bits per heavy atom. The number of benzene rings is 1. The average Bonchev–Trinajstić information content (AvgIpc) is 3.00. The van der Waals surface area contributed by atoms with Gasteiger partial charge >= 0.3 is 6.03 Å². The van der Waals surface area contributed by atoms with Crippen LogP contribution >= 0.6 is 23.1 Å². The lowest BCUT2D eigenvalue weighted by Crippen LogP contribution is -2.41. The second-order valence-electron chi connectivity index (χ2n) is 4.74. The van der Waals surface area contributed by atoms with Crippen LogP contribution in [-0.2, 0) is 11.2 Å². The van der Waals surface area contributed by atoms with Gasteiger partial charge in [0.2, 0.25) is 5.91 Å². The second kappa shape index (κ2) is 8.60. The van der Waals surface area contributed by atoms with Crippen LogP contribution in [0.3, 0.4) is 0 Å². The molecule has 0 aliphatic rings. The summed E-state index contributed by atoms with van der Waals surface area (Å²) in [6.45, 7) is 2.53. The summed E-state index contributed by atoms with van der Waals surface area (Å²) in [6, 6.07) is 11.5. The highest BCUT2D eigenvalue weighted by molar-refractivity contribution is 8.00. The molecule has 0 radical (unpaired) electrons. The Morgan fingerprint density at radius 3 is 2.64 bits per heavy atom. The summed E-state index contributed by atoms with van der Waals surface area (Å²) in [4.78, 5) is 25.5. The van der Waals surface area contributed by atoms with Gasteiger partial charge in [-0.05, 0) is 36.9 Å². The Morgan fingerprint density at radius 1 is 1.18 bits per heavy atom. The lowest BCUT2D eigenvalue weighted by Gasteiger charge is -2.06. The Bertz CT molecular complexity index is 610. The number of rotatable bonds is 6. The van der Waals surface area contributed by atoms with Crippen LogP contribution in [0.1, 0.15) is 10.4 Å². The minimum Gasteiger partial charge on any atom is -0.337 e. The molecule has 0 atom stereocenters. The van der Waals surface area contributed by atoms with Gasteiger partial charge in [0.05, 0.1) is 5.75 Å². The number of urea groups is 1. The fourth-order valence-corrected chi connectivity index (χ4v) is 3.15. The molecular formula is C16H18N2O2S2. The number of nitrogens with one attached hydrogen (secondary N) is 2. The zero-order valence-electron chi connectivity index (χ0n) is 12.3. The maximum Gasteiger partial charge on any atom is 0.321 e. The number of imide groups is 1. The van der Waals surface area contributed by atoms with Gasteiger partial charge in [0.15, 0.2) is 0 Å². The molecule has 0 saturated heterocycles. The van der Waals surface area contributed by atoms with E-state index in [2.05, 4.69) is 10.6 Å². The van der Waals surface area contributed by atoms with Crippen molar-refractivity contribution in [1.29, 1.82) is 0 Å². The summed E-state index contributed by atoms with van der Waals surface area (Å²) in [5.41, 5.74) is 1.18. The minimum absolute atomic E-state index is 0.224. The van der Waals surface area contributed by atoms with Crippen LogP contribution < -0.4 is 10.6 Å². The van der Waals surface area contributed by atoms with E-state index in [-0.39, 0.29) is 11.7 Å². The van der Waals surface area contributed by atoms with Gasteiger partial charge in [0, 0.05) is 16.3 Å². The summed E-state index contributed by atoms with van der Waals surface area (Å²) >= 11 is 3.06.